The molecule has 0 radical (unpaired) electrons. The van der Waals surface area contributed by atoms with Crippen molar-refractivity contribution >= 4 is 40.0 Å². The summed E-state index contributed by atoms with van der Waals surface area (Å²) in [5, 5.41) is 5.92. The van der Waals surface area contributed by atoms with Gasteiger partial charge in [0.1, 0.15) is 15.7 Å². The van der Waals surface area contributed by atoms with E-state index in [1.54, 1.807) is 29.2 Å². The number of likely N-dealkylation sites (N-methyl/N-ethyl adjacent to an activating group) is 1. The van der Waals surface area contributed by atoms with Gasteiger partial charge in [0.15, 0.2) is 5.76 Å². The van der Waals surface area contributed by atoms with E-state index >= 15 is 0 Å². The van der Waals surface area contributed by atoms with Crippen molar-refractivity contribution in [1.29, 1.82) is 0 Å². The first-order valence-corrected chi connectivity index (χ1v) is 12.0. The molecule has 1 unspecified atom stereocenters. The summed E-state index contributed by atoms with van der Waals surface area (Å²) < 4.78 is 20.6. The lowest BCUT2D eigenvalue weighted by Gasteiger charge is -2.25. The molecule has 2 aromatic heterocycles. The highest BCUT2D eigenvalue weighted by Crippen LogP contribution is 2.33. The number of carbonyl (C=O) groups is 1. The van der Waals surface area contributed by atoms with Gasteiger partial charge in [-0.3, -0.25) is 4.79 Å². The molecule has 0 aliphatic carbocycles. The molecule has 4 aromatic rings. The first kappa shape index (κ1) is 22.5. The van der Waals surface area contributed by atoms with Crippen molar-refractivity contribution in [3.63, 3.8) is 0 Å². The van der Waals surface area contributed by atoms with Gasteiger partial charge in [-0.15, -0.1) is 11.3 Å². The van der Waals surface area contributed by atoms with Crippen molar-refractivity contribution in [1.82, 2.24) is 15.2 Å². The fourth-order valence-electron chi connectivity index (χ4n) is 3.54. The van der Waals surface area contributed by atoms with Crippen LogP contribution in [0.25, 0.3) is 11.0 Å². The van der Waals surface area contributed by atoms with Crippen molar-refractivity contribution in [2.75, 3.05) is 20.6 Å². The monoisotopic (exact) mass is 469 g/mol. The van der Waals surface area contributed by atoms with Gasteiger partial charge in [-0.05, 0) is 44.8 Å². The van der Waals surface area contributed by atoms with E-state index in [1.165, 1.54) is 12.1 Å². The van der Waals surface area contributed by atoms with Crippen molar-refractivity contribution in [2.24, 2.45) is 0 Å². The molecule has 32 heavy (non-hydrogen) atoms. The Kier molecular flexibility index (Phi) is 6.93. The normalized spacial score (nSPS) is 12.4. The zero-order chi connectivity index (χ0) is 22.7. The van der Waals surface area contributed by atoms with E-state index in [4.69, 9.17) is 4.42 Å². The summed E-state index contributed by atoms with van der Waals surface area (Å²) in [6.45, 7) is 2.29. The third-order valence-corrected chi connectivity index (χ3v) is 7.32. The van der Waals surface area contributed by atoms with Crippen LogP contribution in [0.2, 0.25) is 0 Å². The van der Waals surface area contributed by atoms with Crippen LogP contribution in [0, 0.1) is 12.7 Å². The number of furan rings is 1. The molecule has 0 aliphatic rings. The molecule has 5 nitrogen and oxygen atoms in total. The number of amides is 1. The minimum atomic E-state index is -0.297. The highest BCUT2D eigenvalue weighted by atomic mass is 32.2. The predicted octanol–water partition coefficient (Wildman–Crippen LogP) is 5.66. The number of thioether (sulfide) groups is 1. The second-order valence-electron chi connectivity index (χ2n) is 7.69. The summed E-state index contributed by atoms with van der Waals surface area (Å²) >= 11 is 3.18. The number of carbonyl (C=O) groups excluding carboxylic acids is 1. The Morgan fingerprint density at radius 2 is 2.06 bits per heavy atom. The molecule has 0 saturated carbocycles. The fraction of sp³-hybridized carbons (Fsp3) is 0.250. The van der Waals surface area contributed by atoms with E-state index < -0.39 is 0 Å². The number of rotatable bonds is 8. The highest BCUT2D eigenvalue weighted by molar-refractivity contribution is 8.00. The first-order chi connectivity index (χ1) is 15.4. The molecule has 1 atom stereocenters. The van der Waals surface area contributed by atoms with E-state index in [0.29, 0.717) is 23.6 Å². The number of para-hydroxylation sites is 1. The van der Waals surface area contributed by atoms with Crippen LogP contribution in [0.4, 0.5) is 4.39 Å². The molecule has 0 saturated heterocycles. The van der Waals surface area contributed by atoms with E-state index in [9.17, 15) is 9.18 Å². The molecule has 8 heteroatoms. The molecule has 2 heterocycles. The van der Waals surface area contributed by atoms with Crippen LogP contribution in [0.5, 0.6) is 0 Å². The number of nitrogens with one attached hydrogen (secondary N) is 1. The standard InChI is InChI=1S/C24H24FN3O2S2/c1-15-13-31-24(27-15)32-14-19-18-9-4-5-10-21(18)30-22(19)23(29)26-12-20(28(2)3)16-7-6-8-17(25)11-16/h4-11,13,20H,12,14H2,1-3H3,(H,26,29). The van der Waals surface area contributed by atoms with Gasteiger partial charge in [-0.1, -0.05) is 42.1 Å². The number of benzene rings is 2. The van der Waals surface area contributed by atoms with Crippen LogP contribution in [0.15, 0.2) is 62.7 Å². The van der Waals surface area contributed by atoms with Gasteiger partial charge in [-0.25, -0.2) is 9.37 Å². The number of aryl methyl sites for hydroxylation is 1. The molecule has 0 aliphatic heterocycles. The molecular formula is C24H24FN3O2S2. The zero-order valence-electron chi connectivity index (χ0n) is 18.1. The number of hydrogen-bond donors (Lipinski definition) is 1. The van der Waals surface area contributed by atoms with Crippen molar-refractivity contribution in [3.8, 4) is 0 Å². The summed E-state index contributed by atoms with van der Waals surface area (Å²) in [5.41, 5.74) is 3.32. The van der Waals surface area contributed by atoms with Crippen LogP contribution in [0.1, 0.15) is 33.4 Å². The first-order valence-electron chi connectivity index (χ1n) is 10.2. The van der Waals surface area contributed by atoms with Crippen molar-refractivity contribution in [3.05, 3.63) is 82.3 Å². The molecule has 0 fully saturated rings. The Bertz CT molecular complexity index is 1230. The quantitative estimate of drug-likeness (QED) is 0.337. The van der Waals surface area contributed by atoms with Crippen LogP contribution >= 0.6 is 23.1 Å². The van der Waals surface area contributed by atoms with Gasteiger partial charge in [0.25, 0.3) is 5.91 Å². The Morgan fingerprint density at radius 1 is 1.25 bits per heavy atom. The molecule has 2 aromatic carbocycles. The summed E-state index contributed by atoms with van der Waals surface area (Å²) in [6.07, 6.45) is 0. The topological polar surface area (TPSA) is 58.4 Å². The van der Waals surface area contributed by atoms with Crippen LogP contribution in [-0.4, -0.2) is 36.4 Å². The van der Waals surface area contributed by atoms with Gasteiger partial charge in [0, 0.05) is 34.3 Å². The van der Waals surface area contributed by atoms with Crippen molar-refractivity contribution in [2.45, 2.75) is 23.1 Å². The minimum Gasteiger partial charge on any atom is -0.451 e. The van der Waals surface area contributed by atoms with E-state index in [0.717, 1.165) is 26.5 Å². The second kappa shape index (κ2) is 9.85. The number of nitrogens with zero attached hydrogens (tertiary/aromatic N) is 2. The summed E-state index contributed by atoms with van der Waals surface area (Å²) in [4.78, 5) is 19.6. The molecule has 1 amide bonds. The molecule has 1 N–H and O–H groups in total. The molecule has 0 spiro atoms. The van der Waals surface area contributed by atoms with Gasteiger partial charge < -0.3 is 14.6 Å². The number of aromatic nitrogens is 1. The summed E-state index contributed by atoms with van der Waals surface area (Å²) in [5.74, 6) is 0.307. The fourth-order valence-corrected chi connectivity index (χ4v) is 5.42. The smallest absolute Gasteiger partial charge is 0.287 e. The van der Waals surface area contributed by atoms with Crippen LogP contribution < -0.4 is 5.32 Å². The van der Waals surface area contributed by atoms with Gasteiger partial charge in [-0.2, -0.15) is 0 Å². The minimum absolute atomic E-state index is 0.171. The van der Waals surface area contributed by atoms with E-state index in [-0.39, 0.29) is 17.8 Å². The van der Waals surface area contributed by atoms with Crippen LogP contribution in [0.3, 0.4) is 0 Å². The lowest BCUT2D eigenvalue weighted by molar-refractivity contribution is 0.0915. The van der Waals surface area contributed by atoms with Gasteiger partial charge >= 0.3 is 0 Å². The van der Waals surface area contributed by atoms with E-state index in [2.05, 4.69) is 10.3 Å². The Labute approximate surface area is 194 Å². The number of hydrogen-bond acceptors (Lipinski definition) is 6. The number of thiazole rings is 1. The molecule has 4 rings (SSSR count). The third-order valence-electron chi connectivity index (χ3n) is 5.16. The molecular weight excluding hydrogens is 445 g/mol. The summed E-state index contributed by atoms with van der Waals surface area (Å²) in [7, 11) is 3.81. The van der Waals surface area contributed by atoms with Gasteiger partial charge in [0.2, 0.25) is 0 Å². The van der Waals surface area contributed by atoms with Gasteiger partial charge in [0.05, 0.1) is 6.04 Å². The zero-order valence-corrected chi connectivity index (χ0v) is 19.7. The largest absolute Gasteiger partial charge is 0.451 e. The predicted molar refractivity (Wildman–Crippen MR) is 128 cm³/mol. The number of halogens is 1. The molecule has 166 valence electrons. The average molecular weight is 470 g/mol. The number of fused-ring (bicyclic) bond motifs is 1. The SMILES string of the molecule is Cc1csc(SCc2c(C(=O)NCC(c3cccc(F)c3)N(C)C)oc3ccccc23)n1. The van der Waals surface area contributed by atoms with Crippen molar-refractivity contribution < 1.29 is 13.6 Å². The Hall–Kier alpha value is -2.68. The maximum atomic E-state index is 13.7. The molecule has 0 bridgehead atoms. The average Bonchev–Trinajstić information content (AvgIpc) is 3.35. The lowest BCUT2D eigenvalue weighted by Crippen LogP contribution is -2.34. The Morgan fingerprint density at radius 3 is 2.78 bits per heavy atom. The highest BCUT2D eigenvalue weighted by Gasteiger charge is 2.23. The second-order valence-corrected chi connectivity index (χ2v) is 9.77. The lowest BCUT2D eigenvalue weighted by atomic mass is 10.1. The van der Waals surface area contributed by atoms with E-state index in [1.807, 2.05) is 61.6 Å². The Balaban J connectivity index is 1.55. The third kappa shape index (κ3) is 5.03. The summed E-state index contributed by atoms with van der Waals surface area (Å²) in [6, 6.07) is 13.9. The maximum absolute atomic E-state index is 13.7. The van der Waals surface area contributed by atoms with Crippen LogP contribution in [-0.2, 0) is 5.75 Å². The maximum Gasteiger partial charge on any atom is 0.287 e.